The number of halogens is 2. The number of methoxy groups -OCH3 is 1. The molecule has 1 N–H and O–H groups in total. The molecular formula is C13H10Cl2N2O2. The first kappa shape index (κ1) is 13.6. The van der Waals surface area contributed by atoms with E-state index in [0.29, 0.717) is 16.5 Å². The molecule has 0 radical (unpaired) electrons. The van der Waals surface area contributed by atoms with Crippen molar-refractivity contribution in [2.24, 2.45) is 0 Å². The first-order valence-electron chi connectivity index (χ1n) is 5.37. The summed E-state index contributed by atoms with van der Waals surface area (Å²) >= 11 is 11.9. The molecule has 0 atom stereocenters. The molecule has 0 bridgehead atoms. The number of aromatic nitrogens is 1. The second-order valence-corrected chi connectivity index (χ2v) is 4.41. The quantitative estimate of drug-likeness (QED) is 0.880. The number of carbonyl (C=O) groups excluding carboxylic acids is 1. The van der Waals surface area contributed by atoms with Gasteiger partial charge < -0.3 is 10.1 Å². The maximum Gasteiger partial charge on any atom is 0.258 e. The van der Waals surface area contributed by atoms with Gasteiger partial charge in [-0.2, -0.15) is 0 Å². The maximum atomic E-state index is 12.1. The molecule has 0 unspecified atom stereocenters. The summed E-state index contributed by atoms with van der Waals surface area (Å²) < 4.78 is 5.07. The number of rotatable bonds is 3. The van der Waals surface area contributed by atoms with Crippen LogP contribution in [0.15, 0.2) is 36.5 Å². The number of benzene rings is 1. The molecule has 0 saturated heterocycles. The van der Waals surface area contributed by atoms with Crippen LogP contribution in [0.2, 0.25) is 10.2 Å². The SMILES string of the molecule is COc1ccc(Cl)c(NC(=O)c2cccnc2Cl)c1. The fraction of sp³-hybridized carbons (Fsp3) is 0.0769. The average Bonchev–Trinajstić information content (AvgIpc) is 2.41. The predicted molar refractivity (Wildman–Crippen MR) is 75.2 cm³/mol. The number of hydrogen-bond acceptors (Lipinski definition) is 3. The Balaban J connectivity index is 2.26. The van der Waals surface area contributed by atoms with Crippen molar-refractivity contribution in [3.8, 4) is 5.75 Å². The van der Waals surface area contributed by atoms with Crippen molar-refractivity contribution in [2.45, 2.75) is 0 Å². The molecule has 0 aliphatic carbocycles. The second kappa shape index (κ2) is 5.91. The number of pyridine rings is 1. The van der Waals surface area contributed by atoms with E-state index in [2.05, 4.69) is 10.3 Å². The number of amides is 1. The molecule has 98 valence electrons. The predicted octanol–water partition coefficient (Wildman–Crippen LogP) is 3.65. The van der Waals surface area contributed by atoms with Crippen molar-refractivity contribution in [3.05, 3.63) is 52.3 Å². The van der Waals surface area contributed by atoms with Crippen LogP contribution in [0.5, 0.6) is 5.75 Å². The second-order valence-electron chi connectivity index (χ2n) is 3.64. The first-order chi connectivity index (χ1) is 9.11. The minimum absolute atomic E-state index is 0.138. The summed E-state index contributed by atoms with van der Waals surface area (Å²) in [7, 11) is 1.53. The molecule has 0 aliphatic heterocycles. The third-order valence-corrected chi connectivity index (χ3v) is 3.06. The average molecular weight is 297 g/mol. The fourth-order valence-corrected chi connectivity index (χ4v) is 1.84. The highest BCUT2D eigenvalue weighted by atomic mass is 35.5. The van der Waals surface area contributed by atoms with Gasteiger partial charge in [0.25, 0.3) is 5.91 Å². The van der Waals surface area contributed by atoms with E-state index in [1.165, 1.54) is 13.3 Å². The van der Waals surface area contributed by atoms with Gasteiger partial charge in [0.2, 0.25) is 0 Å². The summed E-state index contributed by atoms with van der Waals surface area (Å²) in [5.74, 6) is 0.213. The van der Waals surface area contributed by atoms with Crippen LogP contribution >= 0.6 is 23.2 Å². The fourth-order valence-electron chi connectivity index (χ4n) is 1.47. The van der Waals surface area contributed by atoms with E-state index in [1.807, 2.05) is 0 Å². The minimum atomic E-state index is -0.381. The number of nitrogens with zero attached hydrogens (tertiary/aromatic N) is 1. The molecule has 19 heavy (non-hydrogen) atoms. The Bertz CT molecular complexity index is 617. The van der Waals surface area contributed by atoms with Gasteiger partial charge in [0.15, 0.2) is 0 Å². The van der Waals surface area contributed by atoms with Crippen molar-refractivity contribution in [3.63, 3.8) is 0 Å². The summed E-state index contributed by atoms with van der Waals surface area (Å²) in [6, 6.07) is 8.19. The van der Waals surface area contributed by atoms with Gasteiger partial charge in [0, 0.05) is 12.3 Å². The van der Waals surface area contributed by atoms with E-state index in [4.69, 9.17) is 27.9 Å². The van der Waals surface area contributed by atoms with Crippen LogP contribution in [0.3, 0.4) is 0 Å². The molecule has 1 aromatic heterocycles. The zero-order valence-electron chi connectivity index (χ0n) is 9.98. The van der Waals surface area contributed by atoms with Crippen LogP contribution in [-0.4, -0.2) is 18.0 Å². The summed E-state index contributed by atoms with van der Waals surface area (Å²) in [6.45, 7) is 0. The van der Waals surface area contributed by atoms with E-state index in [-0.39, 0.29) is 16.6 Å². The smallest absolute Gasteiger partial charge is 0.258 e. The van der Waals surface area contributed by atoms with Crippen LogP contribution in [0.4, 0.5) is 5.69 Å². The molecule has 1 amide bonds. The zero-order chi connectivity index (χ0) is 13.8. The van der Waals surface area contributed by atoms with E-state index >= 15 is 0 Å². The molecule has 2 aromatic rings. The highest BCUT2D eigenvalue weighted by Gasteiger charge is 2.13. The third-order valence-electron chi connectivity index (χ3n) is 2.43. The standard InChI is InChI=1S/C13H10Cl2N2O2/c1-19-8-4-5-10(14)11(7-8)17-13(18)9-3-2-6-16-12(9)15/h2-7H,1H3,(H,17,18). The van der Waals surface area contributed by atoms with Crippen molar-refractivity contribution in [1.29, 1.82) is 0 Å². The molecule has 2 rings (SSSR count). The number of anilines is 1. The summed E-state index contributed by atoms with van der Waals surface area (Å²) in [4.78, 5) is 15.9. The topological polar surface area (TPSA) is 51.2 Å². The Morgan fingerprint density at radius 2 is 2.11 bits per heavy atom. The van der Waals surface area contributed by atoms with Gasteiger partial charge in [-0.05, 0) is 24.3 Å². The Morgan fingerprint density at radius 1 is 1.32 bits per heavy atom. The van der Waals surface area contributed by atoms with Gasteiger partial charge >= 0.3 is 0 Å². The largest absolute Gasteiger partial charge is 0.497 e. The molecular weight excluding hydrogens is 287 g/mol. The Morgan fingerprint density at radius 3 is 2.79 bits per heavy atom. The summed E-state index contributed by atoms with van der Waals surface area (Å²) in [5, 5.41) is 3.22. The molecule has 1 heterocycles. The van der Waals surface area contributed by atoms with Crippen LogP contribution in [0.1, 0.15) is 10.4 Å². The Labute approximate surface area is 120 Å². The van der Waals surface area contributed by atoms with Crippen molar-refractivity contribution in [1.82, 2.24) is 4.98 Å². The summed E-state index contributed by atoms with van der Waals surface area (Å²) in [5.41, 5.74) is 0.731. The van der Waals surface area contributed by atoms with E-state index in [1.54, 1.807) is 30.3 Å². The Hall–Kier alpha value is -1.78. The van der Waals surface area contributed by atoms with Crippen LogP contribution in [0, 0.1) is 0 Å². The lowest BCUT2D eigenvalue weighted by molar-refractivity contribution is 0.102. The van der Waals surface area contributed by atoms with Crippen molar-refractivity contribution in [2.75, 3.05) is 12.4 Å². The van der Waals surface area contributed by atoms with E-state index < -0.39 is 0 Å². The highest BCUT2D eigenvalue weighted by Crippen LogP contribution is 2.27. The number of ether oxygens (including phenoxy) is 1. The normalized spacial score (nSPS) is 10.1. The van der Waals surface area contributed by atoms with Crippen molar-refractivity contribution >= 4 is 34.8 Å². The van der Waals surface area contributed by atoms with Crippen LogP contribution in [-0.2, 0) is 0 Å². The molecule has 0 fully saturated rings. The van der Waals surface area contributed by atoms with E-state index in [0.717, 1.165) is 0 Å². The zero-order valence-corrected chi connectivity index (χ0v) is 11.5. The van der Waals surface area contributed by atoms with Gasteiger partial charge in [-0.1, -0.05) is 23.2 Å². The van der Waals surface area contributed by atoms with E-state index in [9.17, 15) is 4.79 Å². The first-order valence-corrected chi connectivity index (χ1v) is 6.13. The minimum Gasteiger partial charge on any atom is -0.497 e. The molecule has 0 aliphatic rings. The monoisotopic (exact) mass is 296 g/mol. The van der Waals surface area contributed by atoms with Crippen molar-refractivity contribution < 1.29 is 9.53 Å². The van der Waals surface area contributed by atoms with Gasteiger partial charge in [0.1, 0.15) is 10.9 Å². The van der Waals surface area contributed by atoms with Crippen LogP contribution in [0.25, 0.3) is 0 Å². The number of hydrogen-bond donors (Lipinski definition) is 1. The molecule has 4 nitrogen and oxygen atoms in total. The molecule has 1 aromatic carbocycles. The molecule has 0 saturated carbocycles. The summed E-state index contributed by atoms with van der Waals surface area (Å²) in [6.07, 6.45) is 1.51. The molecule has 0 spiro atoms. The lowest BCUT2D eigenvalue weighted by Crippen LogP contribution is -2.13. The number of carbonyl (C=O) groups is 1. The highest BCUT2D eigenvalue weighted by molar-refractivity contribution is 6.35. The molecule has 6 heteroatoms. The maximum absolute atomic E-state index is 12.1. The lowest BCUT2D eigenvalue weighted by atomic mass is 10.2. The van der Waals surface area contributed by atoms with Gasteiger partial charge in [-0.15, -0.1) is 0 Å². The lowest BCUT2D eigenvalue weighted by Gasteiger charge is -2.09. The van der Waals surface area contributed by atoms with Gasteiger partial charge in [-0.25, -0.2) is 4.98 Å². The van der Waals surface area contributed by atoms with Gasteiger partial charge in [0.05, 0.1) is 23.4 Å². The number of nitrogens with one attached hydrogen (secondary N) is 1. The van der Waals surface area contributed by atoms with Gasteiger partial charge in [-0.3, -0.25) is 4.79 Å². The third kappa shape index (κ3) is 3.16. The Kier molecular flexibility index (Phi) is 4.24. The van der Waals surface area contributed by atoms with Crippen LogP contribution < -0.4 is 10.1 Å².